The van der Waals surface area contributed by atoms with Gasteiger partial charge in [0.1, 0.15) is 17.1 Å². The summed E-state index contributed by atoms with van der Waals surface area (Å²) < 4.78 is 0. The molecule has 0 fully saturated rings. The summed E-state index contributed by atoms with van der Waals surface area (Å²) in [6, 6.07) is 16.1. The molecule has 23 heavy (non-hydrogen) atoms. The van der Waals surface area contributed by atoms with E-state index in [9.17, 15) is 9.90 Å². The van der Waals surface area contributed by atoms with Crippen LogP contribution in [0.5, 0.6) is 5.75 Å². The van der Waals surface area contributed by atoms with Crippen LogP contribution < -0.4 is 11.1 Å². The Bertz CT molecular complexity index is 867. The molecule has 0 radical (unpaired) electrons. The van der Waals surface area contributed by atoms with Crippen LogP contribution in [-0.4, -0.2) is 21.8 Å². The fourth-order valence-corrected chi connectivity index (χ4v) is 2.90. The summed E-state index contributed by atoms with van der Waals surface area (Å²) in [6.45, 7) is 0. The topological polar surface area (TPSA) is 88.2 Å². The van der Waals surface area contributed by atoms with Gasteiger partial charge in [0.2, 0.25) is 5.91 Å². The van der Waals surface area contributed by atoms with Crippen molar-refractivity contribution in [2.45, 2.75) is 4.90 Å². The van der Waals surface area contributed by atoms with E-state index in [-0.39, 0.29) is 17.4 Å². The summed E-state index contributed by atoms with van der Waals surface area (Å²) >= 11 is 1.37. The van der Waals surface area contributed by atoms with Gasteiger partial charge in [0, 0.05) is 16.0 Å². The van der Waals surface area contributed by atoms with Crippen LogP contribution in [0.1, 0.15) is 0 Å². The first-order chi connectivity index (χ1) is 11.1. The molecule has 3 aromatic rings. The summed E-state index contributed by atoms with van der Waals surface area (Å²) in [5, 5.41) is 13.4. The van der Waals surface area contributed by atoms with Crippen molar-refractivity contribution in [2.24, 2.45) is 0 Å². The number of pyridine rings is 1. The van der Waals surface area contributed by atoms with Crippen molar-refractivity contribution in [3.05, 3.63) is 54.6 Å². The van der Waals surface area contributed by atoms with Crippen LogP contribution in [0.25, 0.3) is 10.9 Å². The Morgan fingerprint density at radius 1 is 1.13 bits per heavy atom. The molecule has 0 saturated carbocycles. The number of aromatic hydroxyl groups is 1. The summed E-state index contributed by atoms with van der Waals surface area (Å²) in [5.41, 5.74) is 6.96. The Morgan fingerprint density at radius 2 is 1.96 bits per heavy atom. The second-order valence-electron chi connectivity index (χ2n) is 4.92. The molecule has 0 spiro atoms. The van der Waals surface area contributed by atoms with Gasteiger partial charge in [0.15, 0.2) is 0 Å². The van der Waals surface area contributed by atoms with E-state index in [0.717, 1.165) is 10.3 Å². The van der Waals surface area contributed by atoms with Crippen molar-refractivity contribution < 1.29 is 9.90 Å². The van der Waals surface area contributed by atoms with Gasteiger partial charge >= 0.3 is 0 Å². The fourth-order valence-electron chi connectivity index (χ4n) is 2.14. The van der Waals surface area contributed by atoms with Gasteiger partial charge in [-0.15, -0.1) is 11.8 Å². The maximum atomic E-state index is 12.0. The number of benzene rings is 2. The summed E-state index contributed by atoms with van der Waals surface area (Å²) in [4.78, 5) is 17.2. The van der Waals surface area contributed by atoms with Crippen molar-refractivity contribution in [1.29, 1.82) is 0 Å². The summed E-state index contributed by atoms with van der Waals surface area (Å²) in [5.74, 6) is 0.547. The van der Waals surface area contributed by atoms with E-state index in [1.807, 2.05) is 24.3 Å². The number of nitrogens with two attached hydrogens (primary N) is 1. The lowest BCUT2D eigenvalue weighted by molar-refractivity contribution is -0.113. The van der Waals surface area contributed by atoms with Crippen LogP contribution in [0, 0.1) is 0 Å². The molecule has 0 aliphatic carbocycles. The molecule has 0 atom stereocenters. The molecule has 116 valence electrons. The first kappa shape index (κ1) is 15.2. The molecule has 0 unspecified atom stereocenters. The molecule has 6 heteroatoms. The molecule has 1 amide bonds. The number of nitrogen functional groups attached to an aromatic ring is 1. The predicted octanol–water partition coefficient (Wildman–Crippen LogP) is 3.25. The van der Waals surface area contributed by atoms with Crippen LogP contribution >= 0.6 is 11.8 Å². The normalized spacial score (nSPS) is 10.6. The second kappa shape index (κ2) is 6.58. The Morgan fingerprint density at radius 3 is 2.78 bits per heavy atom. The molecule has 0 aliphatic heterocycles. The van der Waals surface area contributed by atoms with Crippen LogP contribution in [0.4, 0.5) is 11.5 Å². The molecular weight excluding hydrogens is 310 g/mol. The zero-order chi connectivity index (χ0) is 16.2. The number of hydrogen-bond acceptors (Lipinski definition) is 5. The highest BCUT2D eigenvalue weighted by molar-refractivity contribution is 8.00. The standard InChI is InChI=1S/C17H15N3O2S/c18-12-5-1-2-7-14(12)23-10-16(22)19-15-9-8-11-4-3-6-13(21)17(11)20-15/h1-9,21H,10,18H2,(H,19,20,22). The number of phenols is 1. The number of nitrogens with one attached hydrogen (secondary N) is 1. The number of hydrogen-bond donors (Lipinski definition) is 3. The Hall–Kier alpha value is -2.73. The number of amides is 1. The monoisotopic (exact) mass is 325 g/mol. The number of rotatable bonds is 4. The van der Waals surface area contributed by atoms with Gasteiger partial charge < -0.3 is 16.2 Å². The van der Waals surface area contributed by atoms with Crippen LogP contribution in [0.3, 0.4) is 0 Å². The lowest BCUT2D eigenvalue weighted by Crippen LogP contribution is -2.15. The van der Waals surface area contributed by atoms with Gasteiger partial charge in [0.25, 0.3) is 0 Å². The van der Waals surface area contributed by atoms with Crippen molar-refractivity contribution in [1.82, 2.24) is 4.98 Å². The van der Waals surface area contributed by atoms with E-state index in [4.69, 9.17) is 5.73 Å². The van der Waals surface area contributed by atoms with Crippen LogP contribution in [0.15, 0.2) is 59.5 Å². The average molecular weight is 325 g/mol. The first-order valence-electron chi connectivity index (χ1n) is 6.99. The number of nitrogens with zero attached hydrogens (tertiary/aromatic N) is 1. The highest BCUT2D eigenvalue weighted by atomic mass is 32.2. The van der Waals surface area contributed by atoms with Crippen molar-refractivity contribution >= 4 is 40.1 Å². The second-order valence-corrected chi connectivity index (χ2v) is 5.94. The average Bonchev–Trinajstić information content (AvgIpc) is 2.55. The largest absolute Gasteiger partial charge is 0.506 e. The van der Waals surface area contributed by atoms with Crippen LogP contribution in [-0.2, 0) is 4.79 Å². The van der Waals surface area contributed by atoms with Gasteiger partial charge in [-0.3, -0.25) is 4.79 Å². The van der Waals surface area contributed by atoms with E-state index < -0.39 is 0 Å². The Kier molecular flexibility index (Phi) is 4.34. The molecule has 3 rings (SSSR count). The summed E-state index contributed by atoms with van der Waals surface area (Å²) in [6.07, 6.45) is 0. The highest BCUT2D eigenvalue weighted by Gasteiger charge is 2.08. The van der Waals surface area contributed by atoms with Crippen molar-refractivity contribution in [2.75, 3.05) is 16.8 Å². The molecule has 0 saturated heterocycles. The van der Waals surface area contributed by atoms with Crippen molar-refractivity contribution in [3.8, 4) is 5.75 Å². The zero-order valence-corrected chi connectivity index (χ0v) is 13.0. The number of fused-ring (bicyclic) bond motifs is 1. The number of thioether (sulfide) groups is 1. The zero-order valence-electron chi connectivity index (χ0n) is 12.2. The molecule has 0 aliphatic rings. The number of carbonyl (C=O) groups excluding carboxylic acids is 1. The van der Waals surface area contributed by atoms with Crippen LogP contribution in [0.2, 0.25) is 0 Å². The van der Waals surface area contributed by atoms with E-state index in [1.54, 1.807) is 30.3 Å². The van der Waals surface area contributed by atoms with E-state index in [0.29, 0.717) is 17.0 Å². The minimum absolute atomic E-state index is 0.0880. The molecule has 2 aromatic carbocycles. The number of carbonyl (C=O) groups is 1. The highest BCUT2D eigenvalue weighted by Crippen LogP contribution is 2.25. The molecule has 4 N–H and O–H groups in total. The van der Waals surface area contributed by atoms with Gasteiger partial charge in [-0.05, 0) is 30.3 Å². The first-order valence-corrected chi connectivity index (χ1v) is 7.98. The van der Waals surface area contributed by atoms with E-state index in [1.165, 1.54) is 11.8 Å². The maximum Gasteiger partial charge on any atom is 0.235 e. The number of anilines is 2. The predicted molar refractivity (Wildman–Crippen MR) is 93.6 cm³/mol. The van der Waals surface area contributed by atoms with E-state index in [2.05, 4.69) is 10.3 Å². The molecule has 1 aromatic heterocycles. The molecule has 5 nitrogen and oxygen atoms in total. The van der Waals surface area contributed by atoms with Crippen molar-refractivity contribution in [3.63, 3.8) is 0 Å². The summed E-state index contributed by atoms with van der Waals surface area (Å²) in [7, 11) is 0. The van der Waals surface area contributed by atoms with Gasteiger partial charge in [-0.2, -0.15) is 0 Å². The third-order valence-electron chi connectivity index (χ3n) is 3.24. The van der Waals surface area contributed by atoms with Gasteiger partial charge in [0.05, 0.1) is 5.75 Å². The third kappa shape index (κ3) is 3.54. The minimum Gasteiger partial charge on any atom is -0.506 e. The maximum absolute atomic E-state index is 12.0. The van der Waals surface area contributed by atoms with Gasteiger partial charge in [-0.1, -0.05) is 24.3 Å². The molecule has 0 bridgehead atoms. The minimum atomic E-state index is -0.180. The quantitative estimate of drug-likeness (QED) is 0.506. The molecule has 1 heterocycles. The fraction of sp³-hybridized carbons (Fsp3) is 0.0588. The Balaban J connectivity index is 1.68. The number of para-hydroxylation sites is 2. The lowest BCUT2D eigenvalue weighted by atomic mass is 10.2. The third-order valence-corrected chi connectivity index (χ3v) is 4.33. The Labute approximate surface area is 137 Å². The smallest absolute Gasteiger partial charge is 0.235 e. The molecular formula is C17H15N3O2S. The number of phenolic OH excluding ortho intramolecular Hbond substituents is 1. The van der Waals surface area contributed by atoms with Gasteiger partial charge in [-0.25, -0.2) is 4.98 Å². The lowest BCUT2D eigenvalue weighted by Gasteiger charge is -2.07. The number of aromatic nitrogens is 1. The SMILES string of the molecule is Nc1ccccc1SCC(=O)Nc1ccc2cccc(O)c2n1. The van der Waals surface area contributed by atoms with E-state index >= 15 is 0 Å².